The summed E-state index contributed by atoms with van der Waals surface area (Å²) in [6.07, 6.45) is 2.30. The molecule has 0 radical (unpaired) electrons. The van der Waals surface area contributed by atoms with Gasteiger partial charge in [0.2, 0.25) is 0 Å². The first-order valence-corrected chi connectivity index (χ1v) is 7.71. The lowest BCUT2D eigenvalue weighted by Crippen LogP contribution is -2.30. The van der Waals surface area contributed by atoms with Gasteiger partial charge in [-0.15, -0.1) is 0 Å². The molecule has 0 saturated carbocycles. The number of carbonyl (C=O) groups is 1. The van der Waals surface area contributed by atoms with Gasteiger partial charge < -0.3 is 15.2 Å². The fourth-order valence-electron chi connectivity index (χ4n) is 1.76. The van der Waals surface area contributed by atoms with Crippen LogP contribution in [0.4, 0.5) is 0 Å². The highest BCUT2D eigenvalue weighted by molar-refractivity contribution is 7.90. The average molecular weight is 265 g/mol. The van der Waals surface area contributed by atoms with Crippen molar-refractivity contribution in [1.82, 2.24) is 5.32 Å². The van der Waals surface area contributed by atoms with E-state index in [-0.39, 0.29) is 11.9 Å². The maximum absolute atomic E-state index is 10.9. The number of nitrogens with one attached hydrogen (secondary N) is 1. The first kappa shape index (κ1) is 14.4. The van der Waals surface area contributed by atoms with Gasteiger partial charge in [0, 0.05) is 12.8 Å². The lowest BCUT2D eigenvalue weighted by molar-refractivity contribution is -0.149. The van der Waals surface area contributed by atoms with Crippen LogP contribution in [0.1, 0.15) is 19.3 Å². The van der Waals surface area contributed by atoms with E-state index in [0.29, 0.717) is 25.9 Å². The number of aliphatic carboxylic acids is 1. The Kier molecular flexibility index (Phi) is 5.35. The van der Waals surface area contributed by atoms with Crippen molar-refractivity contribution < 1.29 is 23.1 Å². The van der Waals surface area contributed by atoms with Gasteiger partial charge in [0.05, 0.1) is 11.9 Å². The number of carboxylic acids is 1. The zero-order valence-electron chi connectivity index (χ0n) is 9.89. The van der Waals surface area contributed by atoms with Crippen LogP contribution in [0, 0.1) is 0 Å². The molecule has 0 aliphatic carbocycles. The van der Waals surface area contributed by atoms with Crippen LogP contribution in [0.5, 0.6) is 0 Å². The molecule has 6 nitrogen and oxygen atoms in total. The van der Waals surface area contributed by atoms with Crippen LogP contribution in [0.3, 0.4) is 0 Å². The smallest absolute Gasteiger partial charge is 0.332 e. The van der Waals surface area contributed by atoms with Crippen molar-refractivity contribution in [2.45, 2.75) is 31.5 Å². The fourth-order valence-corrected chi connectivity index (χ4v) is 2.43. The van der Waals surface area contributed by atoms with Crippen molar-refractivity contribution in [1.29, 1.82) is 0 Å². The van der Waals surface area contributed by atoms with E-state index in [0.717, 1.165) is 6.42 Å². The van der Waals surface area contributed by atoms with Crippen LogP contribution in [-0.2, 0) is 19.4 Å². The highest BCUT2D eigenvalue weighted by atomic mass is 32.2. The minimum absolute atomic E-state index is 0.0747. The van der Waals surface area contributed by atoms with E-state index in [1.807, 2.05) is 0 Å². The Balaban J connectivity index is 2.07. The second-order valence-corrected chi connectivity index (χ2v) is 6.61. The maximum atomic E-state index is 10.9. The first-order chi connectivity index (χ1) is 7.88. The molecule has 1 aliphatic rings. The molecule has 2 N–H and O–H groups in total. The normalized spacial score (nSPS) is 25.0. The molecule has 0 aromatic rings. The Morgan fingerprint density at radius 2 is 2.18 bits per heavy atom. The molecule has 1 aliphatic heterocycles. The van der Waals surface area contributed by atoms with Gasteiger partial charge in [0.25, 0.3) is 0 Å². The second kappa shape index (κ2) is 6.32. The van der Waals surface area contributed by atoms with Crippen molar-refractivity contribution in [2.24, 2.45) is 0 Å². The van der Waals surface area contributed by atoms with Gasteiger partial charge in [0.15, 0.2) is 6.10 Å². The van der Waals surface area contributed by atoms with Crippen molar-refractivity contribution in [3.05, 3.63) is 0 Å². The monoisotopic (exact) mass is 265 g/mol. The summed E-state index contributed by atoms with van der Waals surface area (Å²) < 4.78 is 27.0. The number of sulfone groups is 1. The summed E-state index contributed by atoms with van der Waals surface area (Å²) in [5.74, 6) is -0.743. The SMILES string of the molecule is CS(=O)(=O)CCCNCC1CCC(C(=O)O)O1. The van der Waals surface area contributed by atoms with Crippen molar-refractivity contribution >= 4 is 15.8 Å². The predicted molar refractivity (Wildman–Crippen MR) is 62.7 cm³/mol. The summed E-state index contributed by atoms with van der Waals surface area (Å²) in [5.41, 5.74) is 0. The van der Waals surface area contributed by atoms with Crippen molar-refractivity contribution in [3.63, 3.8) is 0 Å². The maximum Gasteiger partial charge on any atom is 0.332 e. The average Bonchev–Trinajstić information content (AvgIpc) is 2.64. The molecule has 0 aromatic heterocycles. The summed E-state index contributed by atoms with van der Waals surface area (Å²) >= 11 is 0. The molecule has 1 heterocycles. The summed E-state index contributed by atoms with van der Waals surface area (Å²) in [5, 5.41) is 11.8. The van der Waals surface area contributed by atoms with Crippen LogP contribution in [0.25, 0.3) is 0 Å². The third-order valence-electron chi connectivity index (χ3n) is 2.62. The molecule has 100 valence electrons. The Morgan fingerprint density at radius 3 is 2.71 bits per heavy atom. The number of carboxylic acid groups (broad SMARTS) is 1. The topological polar surface area (TPSA) is 92.7 Å². The molecule has 1 rings (SSSR count). The summed E-state index contributed by atoms with van der Waals surface area (Å²) in [4.78, 5) is 10.6. The van der Waals surface area contributed by atoms with Gasteiger partial charge in [-0.1, -0.05) is 0 Å². The molecule has 0 bridgehead atoms. The van der Waals surface area contributed by atoms with Crippen LogP contribution < -0.4 is 5.32 Å². The fraction of sp³-hybridized carbons (Fsp3) is 0.900. The van der Waals surface area contributed by atoms with Gasteiger partial charge in [-0.3, -0.25) is 0 Å². The Morgan fingerprint density at radius 1 is 1.47 bits per heavy atom. The first-order valence-electron chi connectivity index (χ1n) is 5.65. The van der Waals surface area contributed by atoms with Crippen LogP contribution in [-0.4, -0.2) is 56.8 Å². The van der Waals surface area contributed by atoms with E-state index < -0.39 is 21.9 Å². The van der Waals surface area contributed by atoms with E-state index in [4.69, 9.17) is 9.84 Å². The van der Waals surface area contributed by atoms with E-state index in [9.17, 15) is 13.2 Å². The van der Waals surface area contributed by atoms with Gasteiger partial charge in [-0.25, -0.2) is 13.2 Å². The molecular formula is C10H19NO5S. The number of ether oxygens (including phenoxy) is 1. The zero-order chi connectivity index (χ0) is 12.9. The lowest BCUT2D eigenvalue weighted by atomic mass is 10.2. The van der Waals surface area contributed by atoms with Crippen molar-refractivity contribution in [3.8, 4) is 0 Å². The van der Waals surface area contributed by atoms with Crippen LogP contribution in [0.2, 0.25) is 0 Å². The lowest BCUT2D eigenvalue weighted by Gasteiger charge is -2.11. The van der Waals surface area contributed by atoms with E-state index in [1.165, 1.54) is 6.26 Å². The third kappa shape index (κ3) is 5.99. The second-order valence-electron chi connectivity index (χ2n) is 4.35. The minimum atomic E-state index is -2.89. The van der Waals surface area contributed by atoms with E-state index in [1.54, 1.807) is 0 Å². The van der Waals surface area contributed by atoms with E-state index in [2.05, 4.69) is 5.32 Å². The molecule has 7 heteroatoms. The van der Waals surface area contributed by atoms with Gasteiger partial charge in [-0.2, -0.15) is 0 Å². The molecular weight excluding hydrogens is 246 g/mol. The molecule has 0 aromatic carbocycles. The number of hydrogen-bond acceptors (Lipinski definition) is 5. The summed E-state index contributed by atoms with van der Waals surface area (Å²) in [6, 6.07) is 0. The van der Waals surface area contributed by atoms with E-state index >= 15 is 0 Å². The molecule has 2 atom stereocenters. The summed E-state index contributed by atoms with van der Waals surface area (Å²) in [6.45, 7) is 1.18. The van der Waals surface area contributed by atoms with Gasteiger partial charge >= 0.3 is 5.97 Å². The largest absolute Gasteiger partial charge is 0.479 e. The number of rotatable bonds is 7. The van der Waals surface area contributed by atoms with Crippen molar-refractivity contribution in [2.75, 3.05) is 25.1 Å². The highest BCUT2D eigenvalue weighted by Crippen LogP contribution is 2.19. The zero-order valence-corrected chi connectivity index (χ0v) is 10.7. The molecule has 1 fully saturated rings. The predicted octanol–water partition coefficient (Wildman–Crippen LogP) is -0.357. The Hall–Kier alpha value is -0.660. The molecule has 2 unspecified atom stereocenters. The minimum Gasteiger partial charge on any atom is -0.479 e. The molecule has 0 spiro atoms. The standard InChI is InChI=1S/C10H19NO5S/c1-17(14,15)6-2-5-11-7-8-3-4-9(16-8)10(12)13/h8-9,11H,2-7H2,1H3,(H,12,13). The van der Waals surface area contributed by atoms with Gasteiger partial charge in [0.1, 0.15) is 9.84 Å². The Labute approximate surface area is 101 Å². The highest BCUT2D eigenvalue weighted by Gasteiger charge is 2.29. The number of hydrogen-bond donors (Lipinski definition) is 2. The quantitative estimate of drug-likeness (QED) is 0.611. The molecule has 0 amide bonds. The molecule has 1 saturated heterocycles. The van der Waals surface area contributed by atoms with Crippen LogP contribution in [0.15, 0.2) is 0 Å². The Bertz CT molecular complexity index is 354. The molecule has 17 heavy (non-hydrogen) atoms. The van der Waals surface area contributed by atoms with Gasteiger partial charge in [-0.05, 0) is 25.8 Å². The third-order valence-corrected chi connectivity index (χ3v) is 3.65. The summed E-state index contributed by atoms with van der Waals surface area (Å²) in [7, 11) is -2.89. The van der Waals surface area contributed by atoms with Crippen LogP contribution >= 0.6 is 0 Å².